The molecule has 1 atom stereocenters. The lowest BCUT2D eigenvalue weighted by atomic mass is 10.1. The molecule has 2 nitrogen and oxygen atoms in total. The maximum absolute atomic E-state index is 12.4. The Morgan fingerprint density at radius 1 is 1.20 bits per heavy atom. The number of aryl methyl sites for hydroxylation is 1. The minimum absolute atomic E-state index is 0.0902. The van der Waals surface area contributed by atoms with Gasteiger partial charge in [0.1, 0.15) is 0 Å². The molecular formula is C16H15ClINO. The maximum Gasteiger partial charge on any atom is 0.252 e. The van der Waals surface area contributed by atoms with Gasteiger partial charge in [0, 0.05) is 9.45 Å². The Morgan fingerprint density at radius 3 is 2.55 bits per heavy atom. The fraction of sp³-hybridized carbons (Fsp3) is 0.188. The van der Waals surface area contributed by atoms with Gasteiger partial charge in [-0.15, -0.1) is 11.6 Å². The highest BCUT2D eigenvalue weighted by Gasteiger charge is 2.17. The molecule has 2 aromatic rings. The first-order chi connectivity index (χ1) is 9.63. The molecule has 0 aliphatic rings. The van der Waals surface area contributed by atoms with E-state index in [1.807, 2.05) is 55.5 Å². The highest BCUT2D eigenvalue weighted by molar-refractivity contribution is 14.1. The Morgan fingerprint density at radius 2 is 1.90 bits per heavy atom. The quantitative estimate of drug-likeness (QED) is 0.602. The second-order valence-corrected chi connectivity index (χ2v) is 5.91. The summed E-state index contributed by atoms with van der Waals surface area (Å²) in [6.45, 7) is 1.99. The number of hydrogen-bond acceptors (Lipinski definition) is 1. The molecule has 1 amide bonds. The van der Waals surface area contributed by atoms with Gasteiger partial charge in [-0.2, -0.15) is 0 Å². The Kier molecular flexibility index (Phi) is 5.43. The topological polar surface area (TPSA) is 29.1 Å². The van der Waals surface area contributed by atoms with Gasteiger partial charge >= 0.3 is 0 Å². The molecule has 0 bridgehead atoms. The van der Waals surface area contributed by atoms with Gasteiger partial charge in [-0.25, -0.2) is 0 Å². The molecular weight excluding hydrogens is 385 g/mol. The van der Waals surface area contributed by atoms with Crippen LogP contribution in [0.15, 0.2) is 48.5 Å². The molecule has 2 rings (SSSR count). The van der Waals surface area contributed by atoms with Crippen molar-refractivity contribution in [1.82, 2.24) is 5.32 Å². The molecule has 0 fully saturated rings. The van der Waals surface area contributed by atoms with Crippen molar-refractivity contribution < 1.29 is 4.79 Å². The van der Waals surface area contributed by atoms with Crippen LogP contribution in [-0.4, -0.2) is 11.8 Å². The molecule has 104 valence electrons. The predicted octanol–water partition coefficient (Wildman–Crippen LogP) is 4.31. The molecule has 0 heterocycles. The van der Waals surface area contributed by atoms with Crippen LogP contribution in [0, 0.1) is 10.5 Å². The van der Waals surface area contributed by atoms with Crippen molar-refractivity contribution in [2.75, 3.05) is 5.88 Å². The van der Waals surface area contributed by atoms with E-state index in [9.17, 15) is 4.79 Å². The second kappa shape index (κ2) is 7.09. The Bertz CT molecular complexity index is 601. The largest absolute Gasteiger partial charge is 0.344 e. The van der Waals surface area contributed by atoms with Crippen LogP contribution in [0.25, 0.3) is 0 Å². The molecule has 20 heavy (non-hydrogen) atoms. The molecule has 0 aliphatic carbocycles. The van der Waals surface area contributed by atoms with E-state index >= 15 is 0 Å². The number of carbonyl (C=O) groups excluding carboxylic acids is 1. The van der Waals surface area contributed by atoms with E-state index in [0.29, 0.717) is 11.4 Å². The van der Waals surface area contributed by atoms with Crippen LogP contribution in [0.2, 0.25) is 0 Å². The number of amides is 1. The van der Waals surface area contributed by atoms with Crippen molar-refractivity contribution in [1.29, 1.82) is 0 Å². The molecule has 0 aromatic heterocycles. The van der Waals surface area contributed by atoms with Crippen LogP contribution in [0.5, 0.6) is 0 Å². The first-order valence-corrected chi connectivity index (χ1v) is 7.91. The number of halogens is 2. The van der Waals surface area contributed by atoms with Crippen molar-refractivity contribution in [2.45, 2.75) is 13.0 Å². The summed E-state index contributed by atoms with van der Waals surface area (Å²) >= 11 is 8.19. The van der Waals surface area contributed by atoms with E-state index in [-0.39, 0.29) is 11.9 Å². The lowest BCUT2D eigenvalue weighted by Crippen LogP contribution is -2.30. The third-order valence-electron chi connectivity index (χ3n) is 3.10. The molecule has 0 saturated carbocycles. The van der Waals surface area contributed by atoms with Crippen LogP contribution in [-0.2, 0) is 0 Å². The van der Waals surface area contributed by atoms with E-state index in [0.717, 1.165) is 14.7 Å². The van der Waals surface area contributed by atoms with Gasteiger partial charge < -0.3 is 5.32 Å². The summed E-state index contributed by atoms with van der Waals surface area (Å²) < 4.78 is 0.976. The zero-order valence-corrected chi connectivity index (χ0v) is 14.0. The molecule has 0 aliphatic heterocycles. The van der Waals surface area contributed by atoms with Crippen molar-refractivity contribution >= 4 is 40.1 Å². The lowest BCUT2D eigenvalue weighted by Gasteiger charge is -2.17. The SMILES string of the molecule is Cc1cccc(C(=O)NC(CCl)c2ccccc2)c1I. The highest BCUT2D eigenvalue weighted by Crippen LogP contribution is 2.19. The van der Waals surface area contributed by atoms with Crippen molar-refractivity contribution in [2.24, 2.45) is 0 Å². The molecule has 0 spiro atoms. The molecule has 1 N–H and O–H groups in total. The normalized spacial score (nSPS) is 11.9. The van der Waals surface area contributed by atoms with Gasteiger partial charge in [0.05, 0.1) is 11.6 Å². The summed E-state index contributed by atoms with van der Waals surface area (Å²) in [5.41, 5.74) is 2.80. The van der Waals surface area contributed by atoms with Crippen LogP contribution in [0.3, 0.4) is 0 Å². The Hall–Kier alpha value is -1.07. The third kappa shape index (κ3) is 3.52. The van der Waals surface area contributed by atoms with Gasteiger partial charge in [-0.1, -0.05) is 42.5 Å². The van der Waals surface area contributed by atoms with E-state index in [1.54, 1.807) is 0 Å². The summed E-state index contributed by atoms with van der Waals surface area (Å²) in [7, 11) is 0. The monoisotopic (exact) mass is 399 g/mol. The van der Waals surface area contributed by atoms with E-state index in [2.05, 4.69) is 27.9 Å². The second-order valence-electron chi connectivity index (χ2n) is 4.53. The van der Waals surface area contributed by atoms with Crippen molar-refractivity contribution in [3.63, 3.8) is 0 Å². The summed E-state index contributed by atoms with van der Waals surface area (Å²) in [6.07, 6.45) is 0. The minimum atomic E-state index is -0.179. The fourth-order valence-corrected chi connectivity index (χ4v) is 2.81. The summed E-state index contributed by atoms with van der Waals surface area (Å²) in [6, 6.07) is 15.3. The minimum Gasteiger partial charge on any atom is -0.344 e. The van der Waals surface area contributed by atoms with Gasteiger partial charge in [-0.05, 0) is 46.7 Å². The van der Waals surface area contributed by atoms with Crippen LogP contribution < -0.4 is 5.32 Å². The van der Waals surface area contributed by atoms with Crippen molar-refractivity contribution in [3.8, 4) is 0 Å². The standard InChI is InChI=1S/C16H15ClINO/c1-11-6-5-9-13(15(11)18)16(20)19-14(10-17)12-7-3-2-4-8-12/h2-9,14H,10H2,1H3,(H,19,20). The lowest BCUT2D eigenvalue weighted by molar-refractivity contribution is 0.0939. The van der Waals surface area contributed by atoms with Crippen LogP contribution in [0.4, 0.5) is 0 Å². The third-order valence-corrected chi connectivity index (χ3v) is 4.84. The zero-order chi connectivity index (χ0) is 14.5. The number of hydrogen-bond donors (Lipinski definition) is 1. The Balaban J connectivity index is 2.20. The number of nitrogens with one attached hydrogen (secondary N) is 1. The number of carbonyl (C=O) groups is 1. The predicted molar refractivity (Wildman–Crippen MR) is 91.3 cm³/mol. The maximum atomic E-state index is 12.4. The zero-order valence-electron chi connectivity index (χ0n) is 11.1. The van der Waals surface area contributed by atoms with Crippen LogP contribution in [0.1, 0.15) is 27.5 Å². The fourth-order valence-electron chi connectivity index (χ4n) is 1.96. The first kappa shape index (κ1) is 15.3. The highest BCUT2D eigenvalue weighted by atomic mass is 127. The van der Waals surface area contributed by atoms with Gasteiger partial charge in [0.2, 0.25) is 0 Å². The summed E-state index contributed by atoms with van der Waals surface area (Å²) in [5.74, 6) is 0.255. The first-order valence-electron chi connectivity index (χ1n) is 6.30. The van der Waals surface area contributed by atoms with E-state index < -0.39 is 0 Å². The molecule has 0 saturated heterocycles. The molecule has 1 unspecified atom stereocenters. The van der Waals surface area contributed by atoms with Gasteiger partial charge in [0.15, 0.2) is 0 Å². The number of alkyl halides is 1. The smallest absolute Gasteiger partial charge is 0.252 e. The average molecular weight is 400 g/mol. The summed E-state index contributed by atoms with van der Waals surface area (Å²) in [5, 5.41) is 2.99. The number of benzene rings is 2. The molecule has 2 aromatic carbocycles. The van der Waals surface area contributed by atoms with Crippen molar-refractivity contribution in [3.05, 3.63) is 68.8 Å². The van der Waals surface area contributed by atoms with Gasteiger partial charge in [0.25, 0.3) is 5.91 Å². The van der Waals surface area contributed by atoms with E-state index in [4.69, 9.17) is 11.6 Å². The number of rotatable bonds is 4. The van der Waals surface area contributed by atoms with Crippen LogP contribution >= 0.6 is 34.2 Å². The summed E-state index contributed by atoms with van der Waals surface area (Å²) in [4.78, 5) is 12.4. The molecule has 0 radical (unpaired) electrons. The average Bonchev–Trinajstić information content (AvgIpc) is 2.48. The Labute approximate surface area is 137 Å². The van der Waals surface area contributed by atoms with E-state index in [1.165, 1.54) is 0 Å². The van der Waals surface area contributed by atoms with Gasteiger partial charge in [-0.3, -0.25) is 4.79 Å². The molecule has 4 heteroatoms.